The van der Waals surface area contributed by atoms with Crippen LogP contribution in [0.4, 0.5) is 0 Å². The van der Waals surface area contributed by atoms with Gasteiger partial charge in [0.15, 0.2) is 6.29 Å². The Bertz CT molecular complexity index is 569. The second kappa shape index (κ2) is 6.80. The van der Waals surface area contributed by atoms with E-state index in [9.17, 15) is 4.79 Å². The van der Waals surface area contributed by atoms with Crippen LogP contribution < -0.4 is 0 Å². The largest absolute Gasteiger partial charge is 0.350 e. The summed E-state index contributed by atoms with van der Waals surface area (Å²) in [6, 6.07) is 7.57. The van der Waals surface area contributed by atoms with Crippen LogP contribution in [0, 0.1) is 5.92 Å². The third-order valence-corrected chi connectivity index (χ3v) is 5.09. The highest BCUT2D eigenvalue weighted by Crippen LogP contribution is 2.31. The maximum atomic E-state index is 13.1. The molecular weight excluding hydrogens is 314 g/mol. The number of carbonyl (C=O) groups excluding carboxylic acids is 1. The van der Waals surface area contributed by atoms with E-state index in [0.29, 0.717) is 24.8 Å². The van der Waals surface area contributed by atoms with Crippen molar-refractivity contribution in [2.24, 2.45) is 5.92 Å². The topological polar surface area (TPSA) is 38.8 Å². The van der Waals surface area contributed by atoms with Crippen LogP contribution in [0.25, 0.3) is 0 Å². The van der Waals surface area contributed by atoms with Crippen LogP contribution in [0.2, 0.25) is 5.02 Å². The first-order chi connectivity index (χ1) is 11.0. The Balaban J connectivity index is 1.73. The first kappa shape index (κ1) is 16.7. The van der Waals surface area contributed by atoms with E-state index < -0.39 is 5.41 Å². The van der Waals surface area contributed by atoms with Crippen molar-refractivity contribution in [1.29, 1.82) is 0 Å². The van der Waals surface area contributed by atoms with Crippen molar-refractivity contribution in [3.63, 3.8) is 0 Å². The predicted molar refractivity (Wildman–Crippen MR) is 89.5 cm³/mol. The van der Waals surface area contributed by atoms with Gasteiger partial charge in [0.1, 0.15) is 0 Å². The zero-order chi connectivity index (χ0) is 16.4. The lowest BCUT2D eigenvalue weighted by molar-refractivity contribution is -0.144. The number of piperidine rings is 1. The number of halogens is 1. The fraction of sp³-hybridized carbons (Fsp3) is 0.611. The standard InChI is InChI=1S/C18H24ClNO3/c1-18(2,14-6-3-7-15(19)11-14)17(21)20-8-4-5-13(12-20)16-22-9-10-23-16/h3,6-7,11,13,16H,4-5,8-10,12H2,1-2H3/t13-/m1/s1. The molecule has 2 saturated heterocycles. The second-order valence-electron chi connectivity index (χ2n) is 6.90. The Kier molecular flexibility index (Phi) is 4.95. The smallest absolute Gasteiger partial charge is 0.232 e. The SMILES string of the molecule is CC(C)(C(=O)N1CCC[C@@H](C2OCCO2)C1)c1cccc(Cl)c1. The van der Waals surface area contributed by atoms with Gasteiger partial charge in [-0.25, -0.2) is 0 Å². The van der Waals surface area contributed by atoms with E-state index in [1.165, 1.54) is 0 Å². The fourth-order valence-electron chi connectivity index (χ4n) is 3.46. The van der Waals surface area contributed by atoms with Crippen molar-refractivity contribution < 1.29 is 14.3 Å². The quantitative estimate of drug-likeness (QED) is 0.850. The van der Waals surface area contributed by atoms with Crippen molar-refractivity contribution in [3.05, 3.63) is 34.9 Å². The summed E-state index contributed by atoms with van der Waals surface area (Å²) >= 11 is 6.09. The summed E-state index contributed by atoms with van der Waals surface area (Å²) in [7, 11) is 0. The Morgan fingerprint density at radius 1 is 1.30 bits per heavy atom. The Labute approximate surface area is 142 Å². The third-order valence-electron chi connectivity index (χ3n) is 4.86. The molecule has 3 rings (SSSR count). The lowest BCUT2D eigenvalue weighted by atomic mass is 9.82. The van der Waals surface area contributed by atoms with Gasteiger partial charge in [-0.15, -0.1) is 0 Å². The zero-order valence-electron chi connectivity index (χ0n) is 13.8. The van der Waals surface area contributed by atoms with Gasteiger partial charge in [0.25, 0.3) is 0 Å². The van der Waals surface area contributed by atoms with Gasteiger partial charge in [-0.2, -0.15) is 0 Å². The third kappa shape index (κ3) is 3.54. The molecule has 0 N–H and O–H groups in total. The van der Waals surface area contributed by atoms with Gasteiger partial charge >= 0.3 is 0 Å². The van der Waals surface area contributed by atoms with Crippen LogP contribution in [0.15, 0.2) is 24.3 Å². The normalized spacial score (nSPS) is 23.3. The van der Waals surface area contributed by atoms with Crippen LogP contribution in [0.1, 0.15) is 32.3 Å². The number of amides is 1. The Morgan fingerprint density at radius 2 is 2.04 bits per heavy atom. The molecule has 0 spiro atoms. The highest BCUT2D eigenvalue weighted by atomic mass is 35.5. The number of likely N-dealkylation sites (tertiary alicyclic amines) is 1. The van der Waals surface area contributed by atoms with Crippen LogP contribution in [0.3, 0.4) is 0 Å². The average molecular weight is 338 g/mol. The van der Waals surface area contributed by atoms with Crippen LogP contribution in [-0.2, 0) is 19.7 Å². The molecular formula is C18H24ClNO3. The maximum Gasteiger partial charge on any atom is 0.232 e. The molecule has 2 aliphatic rings. The molecule has 1 amide bonds. The van der Waals surface area contributed by atoms with Gasteiger partial charge in [0.2, 0.25) is 5.91 Å². The molecule has 2 aliphatic heterocycles. The molecule has 1 aromatic rings. The van der Waals surface area contributed by atoms with Crippen LogP contribution >= 0.6 is 11.6 Å². The maximum absolute atomic E-state index is 13.1. The summed E-state index contributed by atoms with van der Waals surface area (Å²) in [5.74, 6) is 0.410. The van der Waals surface area contributed by atoms with Crippen molar-refractivity contribution in [1.82, 2.24) is 4.90 Å². The summed E-state index contributed by atoms with van der Waals surface area (Å²) in [5.41, 5.74) is 0.356. The molecule has 4 nitrogen and oxygen atoms in total. The van der Waals surface area contributed by atoms with Gasteiger partial charge in [-0.05, 0) is 44.4 Å². The molecule has 5 heteroatoms. The molecule has 1 atom stereocenters. The molecule has 0 radical (unpaired) electrons. The molecule has 0 aromatic heterocycles. The van der Waals surface area contributed by atoms with E-state index >= 15 is 0 Å². The average Bonchev–Trinajstić information content (AvgIpc) is 3.09. The zero-order valence-corrected chi connectivity index (χ0v) is 14.5. The highest BCUT2D eigenvalue weighted by molar-refractivity contribution is 6.30. The van der Waals surface area contributed by atoms with Gasteiger partial charge in [-0.1, -0.05) is 23.7 Å². The molecule has 2 heterocycles. The number of rotatable bonds is 3. The molecule has 0 unspecified atom stereocenters. The van der Waals surface area contributed by atoms with Crippen LogP contribution in [0.5, 0.6) is 0 Å². The molecule has 0 saturated carbocycles. The molecule has 2 fully saturated rings. The van der Waals surface area contributed by atoms with Crippen LogP contribution in [-0.4, -0.2) is 43.4 Å². The van der Waals surface area contributed by atoms with Crippen molar-refractivity contribution in [2.45, 2.75) is 38.4 Å². The number of hydrogen-bond acceptors (Lipinski definition) is 3. The summed E-state index contributed by atoms with van der Waals surface area (Å²) in [5, 5.41) is 0.660. The summed E-state index contributed by atoms with van der Waals surface area (Å²) in [6.45, 7) is 6.74. The Morgan fingerprint density at radius 3 is 2.74 bits per heavy atom. The number of benzene rings is 1. The van der Waals surface area contributed by atoms with E-state index in [-0.39, 0.29) is 18.1 Å². The lowest BCUT2D eigenvalue weighted by Crippen LogP contribution is -2.49. The van der Waals surface area contributed by atoms with E-state index in [1.807, 2.05) is 43.0 Å². The first-order valence-corrected chi connectivity index (χ1v) is 8.65. The minimum atomic E-state index is -0.593. The minimum Gasteiger partial charge on any atom is -0.350 e. The fourth-order valence-corrected chi connectivity index (χ4v) is 3.65. The van der Waals surface area contributed by atoms with Gasteiger partial charge in [0, 0.05) is 24.0 Å². The number of carbonyl (C=O) groups is 1. The highest BCUT2D eigenvalue weighted by Gasteiger charge is 2.38. The molecule has 1 aromatic carbocycles. The van der Waals surface area contributed by atoms with E-state index in [1.54, 1.807) is 0 Å². The number of nitrogens with zero attached hydrogens (tertiary/aromatic N) is 1. The van der Waals surface area contributed by atoms with Gasteiger partial charge < -0.3 is 14.4 Å². The van der Waals surface area contributed by atoms with Gasteiger partial charge in [0.05, 0.1) is 18.6 Å². The minimum absolute atomic E-state index is 0.141. The predicted octanol–water partition coefficient (Wildman–Crippen LogP) is 3.23. The second-order valence-corrected chi connectivity index (χ2v) is 7.34. The van der Waals surface area contributed by atoms with Crippen molar-refractivity contribution in [3.8, 4) is 0 Å². The molecule has 0 bridgehead atoms. The van der Waals surface area contributed by atoms with E-state index in [2.05, 4.69) is 0 Å². The van der Waals surface area contributed by atoms with Gasteiger partial charge in [-0.3, -0.25) is 4.79 Å². The first-order valence-electron chi connectivity index (χ1n) is 8.27. The van der Waals surface area contributed by atoms with E-state index in [4.69, 9.17) is 21.1 Å². The molecule has 126 valence electrons. The summed E-state index contributed by atoms with van der Waals surface area (Å²) in [4.78, 5) is 15.1. The Hall–Kier alpha value is -1.10. The monoisotopic (exact) mass is 337 g/mol. The summed E-state index contributed by atoms with van der Waals surface area (Å²) < 4.78 is 11.3. The number of ether oxygens (including phenoxy) is 2. The van der Waals surface area contributed by atoms with Crippen molar-refractivity contribution in [2.75, 3.05) is 26.3 Å². The lowest BCUT2D eigenvalue weighted by Gasteiger charge is -2.39. The number of hydrogen-bond donors (Lipinski definition) is 0. The molecule has 23 heavy (non-hydrogen) atoms. The van der Waals surface area contributed by atoms with Crippen molar-refractivity contribution >= 4 is 17.5 Å². The van der Waals surface area contributed by atoms with E-state index in [0.717, 1.165) is 24.9 Å². The summed E-state index contributed by atoms with van der Waals surface area (Å²) in [6.07, 6.45) is 1.89. The molecule has 0 aliphatic carbocycles.